The van der Waals surface area contributed by atoms with Gasteiger partial charge in [-0.15, -0.1) is 0 Å². The van der Waals surface area contributed by atoms with E-state index in [0.29, 0.717) is 18.4 Å². The van der Waals surface area contributed by atoms with Crippen LogP contribution in [0.3, 0.4) is 0 Å². The van der Waals surface area contributed by atoms with E-state index >= 15 is 0 Å². The van der Waals surface area contributed by atoms with Crippen LogP contribution >= 0.6 is 0 Å². The summed E-state index contributed by atoms with van der Waals surface area (Å²) in [5, 5.41) is 0. The Hall–Kier alpha value is -0.610. The van der Waals surface area contributed by atoms with Crippen LogP contribution in [0, 0.1) is 11.8 Å². The molecule has 0 aromatic carbocycles. The Morgan fingerprint density at radius 1 is 1.47 bits per heavy atom. The number of hydrogen-bond donors (Lipinski definition) is 1. The number of hydrogen-bond acceptors (Lipinski definition) is 4. The molecule has 4 nitrogen and oxygen atoms in total. The average molecular weight is 214 g/mol. The Balaban J connectivity index is 2.52. The Kier molecular flexibility index (Phi) is 3.73. The molecule has 1 fully saturated rings. The molecule has 0 aromatic heterocycles. The van der Waals surface area contributed by atoms with E-state index in [4.69, 9.17) is 5.73 Å². The molecule has 0 amide bonds. The SMILES string of the molecule is COC(=O)C(C)(N)CN1CC(C)C(C)C1. The summed E-state index contributed by atoms with van der Waals surface area (Å²) in [5.41, 5.74) is 5.03. The molecule has 0 spiro atoms. The lowest BCUT2D eigenvalue weighted by molar-refractivity contribution is -0.147. The minimum absolute atomic E-state index is 0.338. The summed E-state index contributed by atoms with van der Waals surface area (Å²) in [6.07, 6.45) is 0. The molecule has 3 unspecified atom stereocenters. The van der Waals surface area contributed by atoms with Gasteiger partial charge in [0.1, 0.15) is 5.54 Å². The lowest BCUT2D eigenvalue weighted by Crippen LogP contribution is -2.54. The Morgan fingerprint density at radius 2 is 1.93 bits per heavy atom. The smallest absolute Gasteiger partial charge is 0.326 e. The molecule has 1 heterocycles. The predicted octanol–water partition coefficient (Wildman–Crippen LogP) is 0.465. The summed E-state index contributed by atoms with van der Waals surface area (Å²) in [7, 11) is 1.38. The predicted molar refractivity (Wildman–Crippen MR) is 59.4 cm³/mol. The third-order valence-electron chi connectivity index (χ3n) is 3.27. The summed E-state index contributed by atoms with van der Waals surface area (Å²) < 4.78 is 4.69. The van der Waals surface area contributed by atoms with Crippen LogP contribution in [0.25, 0.3) is 0 Å². The monoisotopic (exact) mass is 214 g/mol. The summed E-state index contributed by atoms with van der Waals surface area (Å²) in [6, 6.07) is 0. The van der Waals surface area contributed by atoms with Crippen LogP contribution < -0.4 is 5.73 Å². The number of carbonyl (C=O) groups is 1. The van der Waals surface area contributed by atoms with E-state index in [-0.39, 0.29) is 5.97 Å². The molecule has 4 heteroatoms. The van der Waals surface area contributed by atoms with Gasteiger partial charge < -0.3 is 15.4 Å². The van der Waals surface area contributed by atoms with Crippen molar-refractivity contribution in [3.05, 3.63) is 0 Å². The Morgan fingerprint density at radius 3 is 2.33 bits per heavy atom. The fourth-order valence-electron chi connectivity index (χ4n) is 2.14. The molecule has 0 bridgehead atoms. The van der Waals surface area contributed by atoms with Crippen molar-refractivity contribution in [2.24, 2.45) is 17.6 Å². The van der Waals surface area contributed by atoms with Crippen molar-refractivity contribution in [1.29, 1.82) is 0 Å². The van der Waals surface area contributed by atoms with Crippen LogP contribution in [0.15, 0.2) is 0 Å². The lowest BCUT2D eigenvalue weighted by atomic mass is 10.0. The normalized spacial score (nSPS) is 31.3. The maximum Gasteiger partial charge on any atom is 0.326 e. The van der Waals surface area contributed by atoms with Crippen LogP contribution in [0.1, 0.15) is 20.8 Å². The average Bonchev–Trinajstić information content (AvgIpc) is 2.43. The Bertz CT molecular complexity index is 231. The van der Waals surface area contributed by atoms with Gasteiger partial charge in [-0.1, -0.05) is 13.8 Å². The van der Waals surface area contributed by atoms with Crippen LogP contribution in [-0.2, 0) is 9.53 Å². The van der Waals surface area contributed by atoms with Gasteiger partial charge in [0.2, 0.25) is 0 Å². The van der Waals surface area contributed by atoms with E-state index in [1.54, 1.807) is 6.92 Å². The Labute approximate surface area is 91.8 Å². The zero-order chi connectivity index (χ0) is 11.6. The maximum atomic E-state index is 11.4. The molecule has 0 aliphatic carbocycles. The topological polar surface area (TPSA) is 55.6 Å². The first-order valence-electron chi connectivity index (χ1n) is 5.46. The molecule has 0 aromatic rings. The first kappa shape index (κ1) is 12.5. The number of rotatable bonds is 3. The van der Waals surface area contributed by atoms with Gasteiger partial charge in [-0.25, -0.2) is 0 Å². The van der Waals surface area contributed by atoms with Gasteiger partial charge in [-0.2, -0.15) is 0 Å². The summed E-state index contributed by atoms with van der Waals surface area (Å²) in [4.78, 5) is 13.7. The van der Waals surface area contributed by atoms with E-state index < -0.39 is 5.54 Å². The first-order valence-corrected chi connectivity index (χ1v) is 5.46. The molecule has 2 N–H and O–H groups in total. The number of methoxy groups -OCH3 is 1. The molecule has 1 aliphatic rings. The first-order chi connectivity index (χ1) is 6.86. The minimum Gasteiger partial charge on any atom is -0.468 e. The number of nitrogens with two attached hydrogens (primary N) is 1. The van der Waals surface area contributed by atoms with Crippen molar-refractivity contribution in [3.63, 3.8) is 0 Å². The largest absolute Gasteiger partial charge is 0.468 e. The van der Waals surface area contributed by atoms with Crippen LogP contribution in [0.5, 0.6) is 0 Å². The van der Waals surface area contributed by atoms with E-state index in [1.807, 2.05) is 0 Å². The van der Waals surface area contributed by atoms with Gasteiger partial charge in [0.15, 0.2) is 0 Å². The quantitative estimate of drug-likeness (QED) is 0.694. The minimum atomic E-state index is -0.890. The summed E-state index contributed by atoms with van der Waals surface area (Å²) in [6.45, 7) is 8.81. The van der Waals surface area contributed by atoms with Gasteiger partial charge in [0.25, 0.3) is 0 Å². The van der Waals surface area contributed by atoms with Crippen molar-refractivity contribution in [3.8, 4) is 0 Å². The van der Waals surface area contributed by atoms with Gasteiger partial charge in [0.05, 0.1) is 7.11 Å². The van der Waals surface area contributed by atoms with Crippen molar-refractivity contribution in [2.45, 2.75) is 26.3 Å². The van der Waals surface area contributed by atoms with E-state index in [0.717, 1.165) is 13.1 Å². The van der Waals surface area contributed by atoms with Crippen LogP contribution in [0.4, 0.5) is 0 Å². The molecule has 88 valence electrons. The molecule has 0 radical (unpaired) electrons. The maximum absolute atomic E-state index is 11.4. The zero-order valence-electron chi connectivity index (χ0n) is 10.1. The van der Waals surface area contributed by atoms with Gasteiger partial charge in [-0.3, -0.25) is 4.79 Å². The van der Waals surface area contributed by atoms with Gasteiger partial charge in [-0.05, 0) is 18.8 Å². The summed E-state index contributed by atoms with van der Waals surface area (Å²) in [5.74, 6) is 1.02. The second-order valence-electron chi connectivity index (χ2n) is 5.06. The van der Waals surface area contributed by atoms with Gasteiger partial charge in [0, 0.05) is 19.6 Å². The van der Waals surface area contributed by atoms with E-state index in [1.165, 1.54) is 7.11 Å². The highest BCUT2D eigenvalue weighted by Crippen LogP contribution is 2.23. The van der Waals surface area contributed by atoms with Gasteiger partial charge >= 0.3 is 5.97 Å². The van der Waals surface area contributed by atoms with E-state index in [2.05, 4.69) is 23.5 Å². The number of carbonyl (C=O) groups excluding carboxylic acids is 1. The van der Waals surface area contributed by atoms with Crippen molar-refractivity contribution >= 4 is 5.97 Å². The zero-order valence-corrected chi connectivity index (χ0v) is 10.1. The van der Waals surface area contributed by atoms with Crippen molar-refractivity contribution in [1.82, 2.24) is 4.90 Å². The number of likely N-dealkylation sites (tertiary alicyclic amines) is 1. The molecule has 1 rings (SSSR count). The second kappa shape index (κ2) is 4.49. The number of nitrogens with zero attached hydrogens (tertiary/aromatic N) is 1. The lowest BCUT2D eigenvalue weighted by Gasteiger charge is -2.27. The van der Waals surface area contributed by atoms with Crippen molar-refractivity contribution < 1.29 is 9.53 Å². The summed E-state index contributed by atoms with van der Waals surface area (Å²) >= 11 is 0. The van der Waals surface area contributed by atoms with Crippen molar-refractivity contribution in [2.75, 3.05) is 26.7 Å². The highest BCUT2D eigenvalue weighted by Gasteiger charge is 2.35. The molecule has 15 heavy (non-hydrogen) atoms. The molecule has 0 saturated carbocycles. The molecular weight excluding hydrogens is 192 g/mol. The molecular formula is C11H22N2O2. The highest BCUT2D eigenvalue weighted by atomic mass is 16.5. The van der Waals surface area contributed by atoms with Crippen LogP contribution in [-0.4, -0.2) is 43.2 Å². The fraction of sp³-hybridized carbons (Fsp3) is 0.909. The number of esters is 1. The molecule has 1 aliphatic heterocycles. The fourth-order valence-corrected chi connectivity index (χ4v) is 2.14. The second-order valence-corrected chi connectivity index (χ2v) is 5.06. The molecule has 1 saturated heterocycles. The number of ether oxygens (including phenoxy) is 1. The third kappa shape index (κ3) is 2.92. The molecule has 3 atom stereocenters. The van der Waals surface area contributed by atoms with Crippen LogP contribution in [0.2, 0.25) is 0 Å². The van der Waals surface area contributed by atoms with E-state index in [9.17, 15) is 4.79 Å². The third-order valence-corrected chi connectivity index (χ3v) is 3.27. The highest BCUT2D eigenvalue weighted by molar-refractivity contribution is 5.80. The standard InChI is InChI=1S/C11H22N2O2/c1-8-5-13(6-9(8)2)7-11(3,12)10(14)15-4/h8-9H,5-7,12H2,1-4H3.